The number of aromatic nitrogens is 2. The summed E-state index contributed by atoms with van der Waals surface area (Å²) in [5.74, 6) is -0.0106. The number of hydrogen-bond donors (Lipinski definition) is 0. The SMILES string of the molecule is CC(=O)N1CC(c2nc(C)no2)C2(CN(Cc3cc(F)cc(F)c3)C2)C1. The minimum atomic E-state index is -0.571. The van der Waals surface area contributed by atoms with E-state index in [1.165, 1.54) is 12.1 Å². The normalized spacial score (nSPS) is 22.0. The second kappa shape index (κ2) is 6.12. The van der Waals surface area contributed by atoms with Gasteiger partial charge in [-0.15, -0.1) is 0 Å². The van der Waals surface area contributed by atoms with Crippen LogP contribution in [0, 0.1) is 24.0 Å². The van der Waals surface area contributed by atoms with Crippen LogP contribution in [-0.2, 0) is 11.3 Å². The second-order valence-electron chi connectivity index (χ2n) is 7.42. The molecule has 1 spiro atoms. The van der Waals surface area contributed by atoms with Crippen molar-refractivity contribution >= 4 is 5.91 Å². The summed E-state index contributed by atoms with van der Waals surface area (Å²) in [6.45, 7) is 6.39. The molecule has 6 nitrogen and oxygen atoms in total. The molecule has 8 heteroatoms. The summed E-state index contributed by atoms with van der Waals surface area (Å²) in [5.41, 5.74) is 0.445. The summed E-state index contributed by atoms with van der Waals surface area (Å²) < 4.78 is 32.2. The van der Waals surface area contributed by atoms with E-state index in [9.17, 15) is 13.6 Å². The van der Waals surface area contributed by atoms with Crippen molar-refractivity contribution < 1.29 is 18.1 Å². The van der Waals surface area contributed by atoms with Gasteiger partial charge in [-0.25, -0.2) is 8.78 Å². The number of benzene rings is 1. The van der Waals surface area contributed by atoms with Gasteiger partial charge in [0.25, 0.3) is 0 Å². The van der Waals surface area contributed by atoms with E-state index in [1.807, 2.05) is 4.90 Å². The molecule has 2 aliphatic rings. The van der Waals surface area contributed by atoms with E-state index in [4.69, 9.17) is 4.52 Å². The van der Waals surface area contributed by atoms with Crippen molar-refractivity contribution in [2.24, 2.45) is 5.41 Å². The van der Waals surface area contributed by atoms with Gasteiger partial charge in [0.15, 0.2) is 5.82 Å². The minimum absolute atomic E-state index is 0.0203. The molecule has 1 aromatic carbocycles. The van der Waals surface area contributed by atoms with E-state index in [0.29, 0.717) is 50.0 Å². The Morgan fingerprint density at radius 1 is 1.27 bits per heavy atom. The highest BCUT2D eigenvalue weighted by atomic mass is 19.1. The zero-order valence-electron chi connectivity index (χ0n) is 14.7. The third kappa shape index (κ3) is 2.98. The molecule has 2 saturated heterocycles. The molecule has 1 aromatic heterocycles. The number of nitrogens with zero attached hydrogens (tertiary/aromatic N) is 4. The predicted molar refractivity (Wildman–Crippen MR) is 88.1 cm³/mol. The van der Waals surface area contributed by atoms with Crippen molar-refractivity contribution in [3.8, 4) is 0 Å². The quantitative estimate of drug-likeness (QED) is 0.837. The van der Waals surface area contributed by atoms with E-state index in [0.717, 1.165) is 6.07 Å². The van der Waals surface area contributed by atoms with Gasteiger partial charge in [0.2, 0.25) is 11.8 Å². The van der Waals surface area contributed by atoms with Crippen molar-refractivity contribution in [1.82, 2.24) is 19.9 Å². The van der Waals surface area contributed by atoms with Crippen LogP contribution < -0.4 is 0 Å². The number of carbonyl (C=O) groups excluding carboxylic acids is 1. The monoisotopic (exact) mass is 362 g/mol. The molecule has 3 heterocycles. The average Bonchev–Trinajstić information content (AvgIpc) is 3.09. The summed E-state index contributed by atoms with van der Waals surface area (Å²) in [4.78, 5) is 20.2. The van der Waals surface area contributed by atoms with Crippen LogP contribution in [0.25, 0.3) is 0 Å². The molecule has 0 radical (unpaired) electrons. The van der Waals surface area contributed by atoms with Gasteiger partial charge in [-0.05, 0) is 24.6 Å². The Labute approximate surface area is 149 Å². The molecule has 0 aliphatic carbocycles. The number of aryl methyl sites for hydroxylation is 1. The molecule has 26 heavy (non-hydrogen) atoms. The molecule has 2 aromatic rings. The number of hydrogen-bond acceptors (Lipinski definition) is 5. The van der Waals surface area contributed by atoms with Gasteiger partial charge in [-0.3, -0.25) is 9.69 Å². The molecular weight excluding hydrogens is 342 g/mol. The van der Waals surface area contributed by atoms with Crippen LogP contribution in [0.5, 0.6) is 0 Å². The topological polar surface area (TPSA) is 62.5 Å². The maximum atomic E-state index is 13.4. The van der Waals surface area contributed by atoms with Crippen molar-refractivity contribution in [3.05, 3.63) is 47.1 Å². The molecule has 0 saturated carbocycles. The largest absolute Gasteiger partial charge is 0.341 e. The van der Waals surface area contributed by atoms with Crippen molar-refractivity contribution in [1.29, 1.82) is 0 Å². The number of carbonyl (C=O) groups is 1. The van der Waals surface area contributed by atoms with Crippen molar-refractivity contribution in [3.63, 3.8) is 0 Å². The lowest BCUT2D eigenvalue weighted by Gasteiger charge is -2.50. The lowest BCUT2D eigenvalue weighted by Crippen LogP contribution is -2.59. The molecule has 1 atom stereocenters. The average molecular weight is 362 g/mol. The van der Waals surface area contributed by atoms with Gasteiger partial charge in [0.05, 0.1) is 5.92 Å². The molecule has 1 amide bonds. The van der Waals surface area contributed by atoms with E-state index < -0.39 is 11.6 Å². The van der Waals surface area contributed by atoms with E-state index in [1.54, 1.807) is 13.8 Å². The molecule has 1 unspecified atom stereocenters. The molecule has 4 rings (SSSR count). The predicted octanol–water partition coefficient (Wildman–Crippen LogP) is 2.10. The molecule has 0 N–H and O–H groups in total. The van der Waals surface area contributed by atoms with E-state index in [2.05, 4.69) is 15.0 Å². The fourth-order valence-electron chi connectivity index (χ4n) is 4.24. The summed E-state index contributed by atoms with van der Waals surface area (Å²) in [6.07, 6.45) is 0. The number of amides is 1. The first-order valence-corrected chi connectivity index (χ1v) is 8.58. The smallest absolute Gasteiger partial charge is 0.232 e. The Kier molecular flexibility index (Phi) is 4.02. The maximum Gasteiger partial charge on any atom is 0.232 e. The Hall–Kier alpha value is -2.35. The number of rotatable bonds is 3. The first-order chi connectivity index (χ1) is 12.3. The Balaban J connectivity index is 1.51. The Morgan fingerprint density at radius 2 is 1.96 bits per heavy atom. The molecule has 138 valence electrons. The molecule has 0 bridgehead atoms. The molecule has 2 fully saturated rings. The summed E-state index contributed by atoms with van der Waals surface area (Å²) in [7, 11) is 0. The highest BCUT2D eigenvalue weighted by molar-refractivity contribution is 5.74. The Bertz CT molecular complexity index is 827. The standard InChI is InChI=1S/C18H20F2N4O2/c1-11-21-17(26-22-11)16-7-24(12(2)25)10-18(16)8-23(9-18)6-13-3-14(19)5-15(20)4-13/h3-5,16H,6-10H2,1-2H3. The molecular formula is C18H20F2N4O2. The van der Waals surface area contributed by atoms with Crippen LogP contribution in [0.1, 0.15) is 30.1 Å². The van der Waals surface area contributed by atoms with Crippen LogP contribution in [0.3, 0.4) is 0 Å². The van der Waals surface area contributed by atoms with Gasteiger partial charge in [-0.1, -0.05) is 5.16 Å². The first-order valence-electron chi connectivity index (χ1n) is 8.58. The number of likely N-dealkylation sites (tertiary alicyclic amines) is 2. The number of halogens is 2. The summed E-state index contributed by atoms with van der Waals surface area (Å²) >= 11 is 0. The zero-order valence-corrected chi connectivity index (χ0v) is 14.7. The van der Waals surface area contributed by atoms with Gasteiger partial charge >= 0.3 is 0 Å². The summed E-state index contributed by atoms with van der Waals surface area (Å²) in [6, 6.07) is 3.57. The van der Waals surface area contributed by atoms with Crippen LogP contribution in [0.2, 0.25) is 0 Å². The maximum absolute atomic E-state index is 13.4. The fourth-order valence-corrected chi connectivity index (χ4v) is 4.24. The third-order valence-corrected chi connectivity index (χ3v) is 5.34. The van der Waals surface area contributed by atoms with Crippen LogP contribution in [-0.4, -0.2) is 52.0 Å². The summed E-state index contributed by atoms with van der Waals surface area (Å²) in [5, 5.41) is 3.87. The lowest BCUT2D eigenvalue weighted by atomic mass is 9.71. The third-order valence-electron chi connectivity index (χ3n) is 5.34. The van der Waals surface area contributed by atoms with Crippen LogP contribution in [0.4, 0.5) is 8.78 Å². The van der Waals surface area contributed by atoms with Crippen LogP contribution in [0.15, 0.2) is 22.7 Å². The fraction of sp³-hybridized carbons (Fsp3) is 0.500. The van der Waals surface area contributed by atoms with E-state index in [-0.39, 0.29) is 17.2 Å². The lowest BCUT2D eigenvalue weighted by molar-refractivity contribution is -0.128. The first kappa shape index (κ1) is 17.1. The highest BCUT2D eigenvalue weighted by Crippen LogP contribution is 2.49. The van der Waals surface area contributed by atoms with Crippen molar-refractivity contribution in [2.45, 2.75) is 26.3 Å². The highest BCUT2D eigenvalue weighted by Gasteiger charge is 2.56. The van der Waals surface area contributed by atoms with Crippen molar-refractivity contribution in [2.75, 3.05) is 26.2 Å². The molecule has 2 aliphatic heterocycles. The van der Waals surface area contributed by atoms with Gasteiger partial charge < -0.3 is 9.42 Å². The van der Waals surface area contributed by atoms with Gasteiger partial charge in [0, 0.05) is 51.1 Å². The zero-order chi connectivity index (χ0) is 18.5. The second-order valence-corrected chi connectivity index (χ2v) is 7.42. The van der Waals surface area contributed by atoms with Gasteiger partial charge in [-0.2, -0.15) is 4.98 Å². The Morgan fingerprint density at radius 3 is 2.54 bits per heavy atom. The van der Waals surface area contributed by atoms with E-state index >= 15 is 0 Å². The van der Waals surface area contributed by atoms with Gasteiger partial charge in [0.1, 0.15) is 11.6 Å². The van der Waals surface area contributed by atoms with Crippen LogP contribution >= 0.6 is 0 Å². The minimum Gasteiger partial charge on any atom is -0.341 e.